The Balaban J connectivity index is 1.60. The molecule has 2 unspecified atom stereocenters. The van der Waals surface area contributed by atoms with E-state index in [1.807, 2.05) is 13.0 Å². The smallest absolute Gasteiger partial charge is 0.347 e. The second-order valence-corrected chi connectivity index (χ2v) is 6.82. The molecule has 9 nitrogen and oxygen atoms in total. The van der Waals surface area contributed by atoms with Gasteiger partial charge >= 0.3 is 5.97 Å². The van der Waals surface area contributed by atoms with Crippen molar-refractivity contribution in [2.75, 3.05) is 13.2 Å². The summed E-state index contributed by atoms with van der Waals surface area (Å²) in [6.45, 7) is 1.77. The van der Waals surface area contributed by atoms with Crippen molar-refractivity contribution in [3.05, 3.63) is 30.3 Å². The molecule has 1 aromatic rings. The molecule has 2 aliphatic rings. The maximum atomic E-state index is 12.4. The Morgan fingerprint density at radius 1 is 1.25 bits per heavy atom. The number of hydrogen-bond acceptors (Lipinski definition) is 5. The Bertz CT molecular complexity index is 768. The fraction of sp³-hybridized carbons (Fsp3) is 0.474. The lowest BCUT2D eigenvalue weighted by atomic mass is 9.96. The zero-order chi connectivity index (χ0) is 20.3. The van der Waals surface area contributed by atoms with Crippen LogP contribution in [0.1, 0.15) is 26.2 Å². The van der Waals surface area contributed by atoms with Crippen LogP contribution in [0.25, 0.3) is 0 Å². The summed E-state index contributed by atoms with van der Waals surface area (Å²) >= 11 is 0. The number of carbonyl (C=O) groups is 4. The number of β-lactam (4-membered cyclic amide) rings is 1. The van der Waals surface area contributed by atoms with E-state index in [9.17, 15) is 24.3 Å². The van der Waals surface area contributed by atoms with E-state index in [-0.39, 0.29) is 25.5 Å². The normalized spacial score (nSPS) is 23.0. The zero-order valence-corrected chi connectivity index (χ0v) is 15.5. The highest BCUT2D eigenvalue weighted by Crippen LogP contribution is 2.33. The number of para-hydroxylation sites is 1. The van der Waals surface area contributed by atoms with E-state index in [4.69, 9.17) is 4.74 Å². The summed E-state index contributed by atoms with van der Waals surface area (Å²) < 4.78 is 5.35. The fourth-order valence-corrected chi connectivity index (χ4v) is 3.51. The maximum Gasteiger partial charge on any atom is 0.347 e. The standard InChI is InChI=1S/C19H23N3O6/c1-2-3-9-15(24)21-10-13-16(18(25)22(13)17(21)19(26)27)20-14(23)11-28-12-7-5-4-6-8-12/h4-8,13,16-17H,2-3,9-11H2,1H3,(H,20,23)(H,26,27)/t13?,16-,17?/m0/s1. The Kier molecular flexibility index (Phi) is 5.81. The van der Waals surface area contributed by atoms with Crippen molar-refractivity contribution >= 4 is 23.7 Å². The van der Waals surface area contributed by atoms with Gasteiger partial charge in [0.1, 0.15) is 11.8 Å². The van der Waals surface area contributed by atoms with Crippen LogP contribution in [0.15, 0.2) is 30.3 Å². The lowest BCUT2D eigenvalue weighted by Gasteiger charge is -2.43. The zero-order valence-electron chi connectivity index (χ0n) is 15.5. The lowest BCUT2D eigenvalue weighted by Crippen LogP contribution is -2.71. The van der Waals surface area contributed by atoms with Gasteiger partial charge in [0.15, 0.2) is 6.61 Å². The molecule has 9 heteroatoms. The predicted molar refractivity (Wildman–Crippen MR) is 97.2 cm³/mol. The van der Waals surface area contributed by atoms with Crippen LogP contribution in [0.3, 0.4) is 0 Å². The first-order valence-corrected chi connectivity index (χ1v) is 9.25. The molecule has 2 aliphatic heterocycles. The number of benzene rings is 1. The van der Waals surface area contributed by atoms with Gasteiger partial charge in [-0.15, -0.1) is 0 Å². The summed E-state index contributed by atoms with van der Waals surface area (Å²) in [6, 6.07) is 7.39. The number of ether oxygens (including phenoxy) is 1. The molecule has 2 saturated heterocycles. The van der Waals surface area contributed by atoms with E-state index in [2.05, 4.69) is 5.32 Å². The number of nitrogens with zero attached hydrogens (tertiary/aromatic N) is 2. The van der Waals surface area contributed by atoms with E-state index >= 15 is 0 Å². The minimum atomic E-state index is -1.31. The van der Waals surface area contributed by atoms with Gasteiger partial charge in [-0.05, 0) is 18.6 Å². The number of unbranched alkanes of at least 4 members (excludes halogenated alkanes) is 1. The average Bonchev–Trinajstić information content (AvgIpc) is 3.06. The Morgan fingerprint density at radius 3 is 2.61 bits per heavy atom. The van der Waals surface area contributed by atoms with Gasteiger partial charge < -0.3 is 25.0 Å². The van der Waals surface area contributed by atoms with Gasteiger partial charge in [0, 0.05) is 13.0 Å². The van der Waals surface area contributed by atoms with Crippen LogP contribution in [-0.4, -0.2) is 70.0 Å². The average molecular weight is 389 g/mol. The van der Waals surface area contributed by atoms with Crippen LogP contribution in [0.2, 0.25) is 0 Å². The summed E-state index contributed by atoms with van der Waals surface area (Å²) in [5.41, 5.74) is 0. The van der Waals surface area contributed by atoms with Crippen LogP contribution in [0.4, 0.5) is 0 Å². The second kappa shape index (κ2) is 8.28. The number of carboxylic acids is 1. The molecule has 3 amide bonds. The third kappa shape index (κ3) is 3.78. The minimum Gasteiger partial charge on any atom is -0.484 e. The third-order valence-corrected chi connectivity index (χ3v) is 4.92. The first-order chi connectivity index (χ1) is 13.4. The summed E-state index contributed by atoms with van der Waals surface area (Å²) in [4.78, 5) is 50.9. The lowest BCUT2D eigenvalue weighted by molar-refractivity contribution is -0.166. The molecule has 2 fully saturated rings. The molecule has 150 valence electrons. The van der Waals surface area contributed by atoms with Gasteiger partial charge in [-0.3, -0.25) is 14.4 Å². The number of carboxylic acid groups (broad SMARTS) is 1. The largest absolute Gasteiger partial charge is 0.484 e. The number of aliphatic carboxylic acids is 1. The summed E-state index contributed by atoms with van der Waals surface area (Å²) in [7, 11) is 0. The summed E-state index contributed by atoms with van der Waals surface area (Å²) in [5, 5.41) is 12.1. The SMILES string of the molecule is CCCCC(=O)N1CC2[C@H](NC(=O)COc3ccccc3)C(=O)N2C1C(=O)O. The van der Waals surface area contributed by atoms with E-state index in [0.717, 1.165) is 11.3 Å². The molecule has 0 aromatic heterocycles. The van der Waals surface area contributed by atoms with Crippen molar-refractivity contribution in [1.29, 1.82) is 0 Å². The van der Waals surface area contributed by atoms with Gasteiger partial charge in [0.05, 0.1) is 6.04 Å². The molecule has 0 spiro atoms. The van der Waals surface area contributed by atoms with Gasteiger partial charge in [-0.1, -0.05) is 31.5 Å². The molecule has 0 bridgehead atoms. The van der Waals surface area contributed by atoms with Gasteiger partial charge in [-0.2, -0.15) is 0 Å². The van der Waals surface area contributed by atoms with Gasteiger partial charge in [-0.25, -0.2) is 4.79 Å². The molecule has 3 rings (SSSR count). The topological polar surface area (TPSA) is 116 Å². The number of hydrogen-bond donors (Lipinski definition) is 2. The van der Waals surface area contributed by atoms with Gasteiger partial charge in [0.25, 0.3) is 5.91 Å². The molecular formula is C19H23N3O6. The summed E-state index contributed by atoms with van der Waals surface area (Å²) in [6.07, 6.45) is 0.383. The van der Waals surface area contributed by atoms with Crippen molar-refractivity contribution < 1.29 is 29.0 Å². The monoisotopic (exact) mass is 389 g/mol. The van der Waals surface area contributed by atoms with Gasteiger partial charge in [0.2, 0.25) is 18.0 Å². The number of amides is 3. The van der Waals surface area contributed by atoms with E-state index in [1.165, 1.54) is 4.90 Å². The van der Waals surface area contributed by atoms with E-state index in [0.29, 0.717) is 12.2 Å². The molecule has 1 aromatic carbocycles. The predicted octanol–water partition coefficient (Wildman–Crippen LogP) is 0.204. The van der Waals surface area contributed by atoms with Crippen molar-refractivity contribution in [3.63, 3.8) is 0 Å². The van der Waals surface area contributed by atoms with Crippen LogP contribution in [0, 0.1) is 0 Å². The molecule has 2 heterocycles. The van der Waals surface area contributed by atoms with Crippen LogP contribution in [-0.2, 0) is 19.2 Å². The fourth-order valence-electron chi connectivity index (χ4n) is 3.51. The first-order valence-electron chi connectivity index (χ1n) is 9.25. The van der Waals surface area contributed by atoms with E-state index < -0.39 is 36.0 Å². The quantitative estimate of drug-likeness (QED) is 0.614. The van der Waals surface area contributed by atoms with Crippen molar-refractivity contribution in [2.45, 2.75) is 44.4 Å². The molecule has 0 saturated carbocycles. The highest BCUT2D eigenvalue weighted by atomic mass is 16.5. The van der Waals surface area contributed by atoms with Crippen LogP contribution in [0.5, 0.6) is 5.75 Å². The second-order valence-electron chi connectivity index (χ2n) is 6.82. The first kappa shape index (κ1) is 19.7. The van der Waals surface area contributed by atoms with Crippen LogP contribution < -0.4 is 10.1 Å². The number of nitrogens with one attached hydrogen (secondary N) is 1. The van der Waals surface area contributed by atoms with E-state index in [1.54, 1.807) is 24.3 Å². The Hall–Kier alpha value is -3.10. The van der Waals surface area contributed by atoms with Crippen LogP contribution >= 0.6 is 0 Å². The number of rotatable bonds is 8. The minimum absolute atomic E-state index is 0.0930. The van der Waals surface area contributed by atoms with Crippen molar-refractivity contribution in [1.82, 2.24) is 15.1 Å². The molecule has 0 radical (unpaired) electrons. The van der Waals surface area contributed by atoms with Crippen molar-refractivity contribution in [3.8, 4) is 5.75 Å². The molecule has 2 N–H and O–H groups in total. The highest BCUT2D eigenvalue weighted by molar-refractivity contribution is 5.99. The summed E-state index contributed by atoms with van der Waals surface area (Å²) in [5.74, 6) is -2.01. The highest BCUT2D eigenvalue weighted by Gasteiger charge is 2.60. The Morgan fingerprint density at radius 2 is 1.96 bits per heavy atom. The number of carbonyl (C=O) groups excluding carboxylic acids is 3. The number of fused-ring (bicyclic) bond motifs is 1. The molecule has 3 atom stereocenters. The molecule has 0 aliphatic carbocycles. The molecular weight excluding hydrogens is 366 g/mol. The Labute approximate surface area is 162 Å². The third-order valence-electron chi connectivity index (χ3n) is 4.92. The maximum absolute atomic E-state index is 12.4. The molecule has 28 heavy (non-hydrogen) atoms. The van der Waals surface area contributed by atoms with Crippen molar-refractivity contribution in [2.24, 2.45) is 0 Å².